The van der Waals surface area contributed by atoms with E-state index in [-0.39, 0.29) is 0 Å². The zero-order chi connectivity index (χ0) is 10.8. The van der Waals surface area contributed by atoms with Gasteiger partial charge in [0, 0.05) is 24.6 Å². The Labute approximate surface area is 90.9 Å². The monoisotopic (exact) mass is 200 g/mol. The van der Waals surface area contributed by atoms with Crippen LogP contribution in [0.3, 0.4) is 0 Å². The van der Waals surface area contributed by atoms with Crippen molar-refractivity contribution in [2.45, 2.75) is 32.1 Å². The van der Waals surface area contributed by atoms with Gasteiger partial charge in [0.15, 0.2) is 0 Å². The Morgan fingerprint density at radius 2 is 2.33 bits per heavy atom. The van der Waals surface area contributed by atoms with E-state index >= 15 is 0 Å². The fraction of sp³-hybridized carbons (Fsp3) is 0.462. The minimum Gasteiger partial charge on any atom is -0.384 e. The van der Waals surface area contributed by atoms with E-state index in [9.17, 15) is 0 Å². The summed E-state index contributed by atoms with van der Waals surface area (Å²) in [5, 5.41) is 12.2. The standard InChI is InChI=1S/C13H16N2/c1-9(2)11-4-3-5-12-10(6-7-14)8-15-13(11)12/h3-5,9-10,15H,6,8H2,1-2H3. The number of rotatable bonds is 2. The molecule has 1 aromatic carbocycles. The smallest absolute Gasteiger partial charge is 0.0628 e. The van der Waals surface area contributed by atoms with Crippen molar-refractivity contribution < 1.29 is 0 Å². The van der Waals surface area contributed by atoms with Crippen LogP contribution in [0.4, 0.5) is 5.69 Å². The molecule has 1 aliphatic heterocycles. The average Bonchev–Trinajstić information content (AvgIpc) is 2.62. The summed E-state index contributed by atoms with van der Waals surface area (Å²) < 4.78 is 0. The number of hydrogen-bond acceptors (Lipinski definition) is 2. The molecule has 1 atom stereocenters. The lowest BCUT2D eigenvalue weighted by Crippen LogP contribution is -2.00. The maximum absolute atomic E-state index is 8.75. The first-order chi connectivity index (χ1) is 7.24. The number of nitrogens with zero attached hydrogens (tertiary/aromatic N) is 1. The largest absolute Gasteiger partial charge is 0.384 e. The van der Waals surface area contributed by atoms with Gasteiger partial charge in [-0.15, -0.1) is 0 Å². The molecule has 2 heteroatoms. The normalized spacial score (nSPS) is 18.4. The summed E-state index contributed by atoms with van der Waals surface area (Å²) in [6.45, 7) is 5.32. The van der Waals surface area contributed by atoms with Gasteiger partial charge in [-0.25, -0.2) is 0 Å². The average molecular weight is 200 g/mol. The van der Waals surface area contributed by atoms with Crippen LogP contribution >= 0.6 is 0 Å². The van der Waals surface area contributed by atoms with E-state index in [0.717, 1.165) is 6.54 Å². The molecular formula is C13H16N2. The van der Waals surface area contributed by atoms with Gasteiger partial charge in [0.05, 0.1) is 6.07 Å². The quantitative estimate of drug-likeness (QED) is 0.795. The van der Waals surface area contributed by atoms with Crippen LogP contribution in [-0.2, 0) is 0 Å². The minimum absolute atomic E-state index is 0.378. The zero-order valence-corrected chi connectivity index (χ0v) is 9.25. The van der Waals surface area contributed by atoms with Crippen LogP contribution < -0.4 is 5.32 Å². The first kappa shape index (κ1) is 10.0. The summed E-state index contributed by atoms with van der Waals surface area (Å²) in [6.07, 6.45) is 0.613. The van der Waals surface area contributed by atoms with Crippen molar-refractivity contribution in [2.24, 2.45) is 0 Å². The highest BCUT2D eigenvalue weighted by Crippen LogP contribution is 2.38. The molecular weight excluding hydrogens is 184 g/mol. The van der Waals surface area contributed by atoms with Gasteiger partial charge in [0.25, 0.3) is 0 Å². The third-order valence-electron chi connectivity index (χ3n) is 3.05. The predicted octanol–water partition coefficient (Wildman–Crippen LogP) is 3.23. The lowest BCUT2D eigenvalue weighted by molar-refractivity contribution is 0.780. The highest BCUT2D eigenvalue weighted by atomic mass is 14.9. The van der Waals surface area contributed by atoms with Gasteiger partial charge in [0.2, 0.25) is 0 Å². The number of para-hydroxylation sites is 1. The summed E-state index contributed by atoms with van der Waals surface area (Å²) in [6, 6.07) is 8.68. The molecule has 1 N–H and O–H groups in total. The lowest BCUT2D eigenvalue weighted by atomic mass is 9.93. The highest BCUT2D eigenvalue weighted by molar-refractivity contribution is 5.64. The molecule has 0 radical (unpaired) electrons. The molecule has 0 saturated carbocycles. The van der Waals surface area contributed by atoms with Crippen molar-refractivity contribution in [3.05, 3.63) is 29.3 Å². The summed E-state index contributed by atoms with van der Waals surface area (Å²) >= 11 is 0. The van der Waals surface area contributed by atoms with Crippen LogP contribution in [0.25, 0.3) is 0 Å². The third kappa shape index (κ3) is 1.70. The Kier molecular flexibility index (Phi) is 2.64. The van der Waals surface area contributed by atoms with Crippen LogP contribution in [0.1, 0.15) is 43.2 Å². The number of benzene rings is 1. The molecule has 0 amide bonds. The second kappa shape index (κ2) is 3.94. The molecule has 1 heterocycles. The van der Waals surface area contributed by atoms with Crippen LogP contribution in [0.5, 0.6) is 0 Å². The molecule has 1 aliphatic rings. The van der Waals surface area contributed by atoms with Gasteiger partial charge < -0.3 is 5.32 Å². The second-order valence-corrected chi connectivity index (χ2v) is 4.41. The summed E-state index contributed by atoms with van der Waals surface area (Å²) in [7, 11) is 0. The fourth-order valence-corrected chi connectivity index (χ4v) is 2.24. The first-order valence-corrected chi connectivity index (χ1v) is 5.47. The Hall–Kier alpha value is -1.49. The molecule has 15 heavy (non-hydrogen) atoms. The van der Waals surface area contributed by atoms with Crippen LogP contribution in [-0.4, -0.2) is 6.54 Å². The van der Waals surface area contributed by atoms with E-state index in [1.165, 1.54) is 16.8 Å². The highest BCUT2D eigenvalue weighted by Gasteiger charge is 2.24. The minimum atomic E-state index is 0.378. The first-order valence-electron chi connectivity index (χ1n) is 5.47. The maximum atomic E-state index is 8.75. The summed E-state index contributed by atoms with van der Waals surface area (Å²) in [5.74, 6) is 0.914. The van der Waals surface area contributed by atoms with Crippen molar-refractivity contribution in [1.82, 2.24) is 0 Å². The molecule has 0 bridgehead atoms. The molecule has 0 fully saturated rings. The van der Waals surface area contributed by atoms with E-state index in [0.29, 0.717) is 18.3 Å². The van der Waals surface area contributed by atoms with Gasteiger partial charge in [-0.1, -0.05) is 32.0 Å². The van der Waals surface area contributed by atoms with Crippen molar-refractivity contribution in [2.75, 3.05) is 11.9 Å². The molecule has 0 aromatic heterocycles. The van der Waals surface area contributed by atoms with E-state index in [1.807, 2.05) is 0 Å². The Balaban J connectivity index is 2.40. The SMILES string of the molecule is CC(C)c1cccc2c1NCC2CC#N. The van der Waals surface area contributed by atoms with Crippen LogP contribution in [0.2, 0.25) is 0 Å². The third-order valence-corrected chi connectivity index (χ3v) is 3.05. The predicted molar refractivity (Wildman–Crippen MR) is 62.0 cm³/mol. The Bertz CT molecular complexity index is 401. The van der Waals surface area contributed by atoms with Gasteiger partial charge in [-0.3, -0.25) is 0 Å². The number of nitriles is 1. The van der Waals surface area contributed by atoms with Crippen molar-refractivity contribution >= 4 is 5.69 Å². The molecule has 2 nitrogen and oxygen atoms in total. The van der Waals surface area contributed by atoms with E-state index in [1.54, 1.807) is 0 Å². The van der Waals surface area contributed by atoms with Crippen molar-refractivity contribution in [3.8, 4) is 6.07 Å². The second-order valence-electron chi connectivity index (χ2n) is 4.41. The number of fused-ring (bicyclic) bond motifs is 1. The number of hydrogen-bond donors (Lipinski definition) is 1. The zero-order valence-electron chi connectivity index (χ0n) is 9.25. The number of nitrogens with one attached hydrogen (secondary N) is 1. The maximum Gasteiger partial charge on any atom is 0.0628 e. The molecule has 1 unspecified atom stereocenters. The lowest BCUT2D eigenvalue weighted by Gasteiger charge is -2.12. The van der Waals surface area contributed by atoms with E-state index < -0.39 is 0 Å². The van der Waals surface area contributed by atoms with Gasteiger partial charge >= 0.3 is 0 Å². The molecule has 0 saturated heterocycles. The van der Waals surface area contributed by atoms with E-state index in [4.69, 9.17) is 5.26 Å². The van der Waals surface area contributed by atoms with Crippen LogP contribution in [0, 0.1) is 11.3 Å². The summed E-state index contributed by atoms with van der Waals surface area (Å²) in [5.41, 5.74) is 3.96. The van der Waals surface area contributed by atoms with Gasteiger partial charge in [-0.05, 0) is 17.0 Å². The van der Waals surface area contributed by atoms with Crippen LogP contribution in [0.15, 0.2) is 18.2 Å². The van der Waals surface area contributed by atoms with Crippen molar-refractivity contribution in [3.63, 3.8) is 0 Å². The molecule has 0 aliphatic carbocycles. The topological polar surface area (TPSA) is 35.8 Å². The van der Waals surface area contributed by atoms with Crippen molar-refractivity contribution in [1.29, 1.82) is 5.26 Å². The molecule has 2 rings (SSSR count). The van der Waals surface area contributed by atoms with Gasteiger partial charge in [0.1, 0.15) is 0 Å². The Morgan fingerprint density at radius 3 is 3.00 bits per heavy atom. The molecule has 0 spiro atoms. The molecule has 1 aromatic rings. The van der Waals surface area contributed by atoms with Gasteiger partial charge in [-0.2, -0.15) is 5.26 Å². The number of anilines is 1. The fourth-order valence-electron chi connectivity index (χ4n) is 2.24. The summed E-state index contributed by atoms with van der Waals surface area (Å²) in [4.78, 5) is 0. The molecule has 78 valence electrons. The van der Waals surface area contributed by atoms with E-state index in [2.05, 4.69) is 43.4 Å². The Morgan fingerprint density at radius 1 is 1.53 bits per heavy atom.